The Bertz CT molecular complexity index is 1370. The summed E-state index contributed by atoms with van der Waals surface area (Å²) in [5, 5.41) is 0.367. The zero-order valence-electron chi connectivity index (χ0n) is 18.8. The van der Waals surface area contributed by atoms with Crippen LogP contribution in [-0.2, 0) is 26.1 Å². The number of ether oxygens (including phenoxy) is 2. The minimum atomic E-state index is -4.19. The normalized spacial score (nSPS) is 11.1. The van der Waals surface area contributed by atoms with Gasteiger partial charge in [-0.05, 0) is 55.5 Å². The van der Waals surface area contributed by atoms with E-state index in [2.05, 4.69) is 11.3 Å². The molecule has 0 radical (unpaired) electrons. The van der Waals surface area contributed by atoms with Crippen LogP contribution < -0.4 is 4.31 Å². The summed E-state index contributed by atoms with van der Waals surface area (Å²) in [6.45, 7) is 4.86. The van der Waals surface area contributed by atoms with Gasteiger partial charge in [0.2, 0.25) is 0 Å². The van der Waals surface area contributed by atoms with E-state index < -0.39 is 22.0 Å². The molecule has 0 spiro atoms. The first-order valence-electron chi connectivity index (χ1n) is 10.1. The van der Waals surface area contributed by atoms with Crippen molar-refractivity contribution in [1.29, 1.82) is 0 Å². The number of esters is 2. The summed E-state index contributed by atoms with van der Waals surface area (Å²) in [7, 11) is -2.95. The number of rotatable bonds is 9. The summed E-state index contributed by atoms with van der Waals surface area (Å²) < 4.78 is 43.3. The average Bonchev–Trinajstić information content (AvgIpc) is 3.21. The molecule has 0 aliphatic rings. The highest BCUT2D eigenvalue weighted by Gasteiger charge is 2.28. The number of furan rings is 1. The maximum atomic E-state index is 13.5. The average molecular weight is 538 g/mol. The molecule has 35 heavy (non-hydrogen) atoms. The van der Waals surface area contributed by atoms with Crippen molar-refractivity contribution < 1.29 is 31.9 Å². The van der Waals surface area contributed by atoms with Gasteiger partial charge < -0.3 is 13.9 Å². The van der Waals surface area contributed by atoms with Crippen LogP contribution in [0.3, 0.4) is 0 Å². The number of sulfonamides is 1. The lowest BCUT2D eigenvalue weighted by atomic mass is 10.2. The lowest BCUT2D eigenvalue weighted by Crippen LogP contribution is -2.31. The van der Waals surface area contributed by atoms with Crippen molar-refractivity contribution in [2.75, 3.05) is 18.0 Å². The fourth-order valence-corrected chi connectivity index (χ4v) is 5.23. The summed E-state index contributed by atoms with van der Waals surface area (Å²) in [5.74, 6) is -0.861. The summed E-state index contributed by atoms with van der Waals surface area (Å²) in [5.41, 5.74) is 0.509. The van der Waals surface area contributed by atoms with Gasteiger partial charge in [0, 0.05) is 5.02 Å². The van der Waals surface area contributed by atoms with Crippen molar-refractivity contribution in [3.8, 4) is 0 Å². The molecule has 184 valence electrons. The predicted molar refractivity (Wildman–Crippen MR) is 132 cm³/mol. The molecule has 2 aromatic carbocycles. The molecule has 1 heterocycles. The van der Waals surface area contributed by atoms with E-state index >= 15 is 0 Å². The second-order valence-electron chi connectivity index (χ2n) is 7.20. The van der Waals surface area contributed by atoms with Crippen LogP contribution in [0.1, 0.15) is 32.2 Å². The Hall–Kier alpha value is -3.27. The van der Waals surface area contributed by atoms with Gasteiger partial charge in [0.1, 0.15) is 28.6 Å². The van der Waals surface area contributed by atoms with Crippen LogP contribution in [-0.4, -0.2) is 34.0 Å². The molecule has 11 heteroatoms. The van der Waals surface area contributed by atoms with Crippen LogP contribution in [0.25, 0.3) is 0 Å². The van der Waals surface area contributed by atoms with Crippen LogP contribution in [0.2, 0.25) is 10.0 Å². The van der Waals surface area contributed by atoms with E-state index in [9.17, 15) is 18.0 Å². The Balaban J connectivity index is 1.87. The molecule has 1 aromatic heterocycles. The van der Waals surface area contributed by atoms with Crippen molar-refractivity contribution in [3.05, 3.63) is 93.9 Å². The number of hydrogen-bond donors (Lipinski definition) is 0. The number of carbonyl (C=O) groups is 2. The second kappa shape index (κ2) is 11.0. The highest BCUT2D eigenvalue weighted by Crippen LogP contribution is 2.30. The zero-order valence-corrected chi connectivity index (χ0v) is 21.1. The molecule has 0 amide bonds. The van der Waals surface area contributed by atoms with Gasteiger partial charge in [0.15, 0.2) is 0 Å². The number of hydrogen-bond acceptors (Lipinski definition) is 7. The first-order chi connectivity index (χ1) is 16.6. The van der Waals surface area contributed by atoms with Gasteiger partial charge in [-0.1, -0.05) is 29.3 Å². The lowest BCUT2D eigenvalue weighted by molar-refractivity contribution is 0.0443. The summed E-state index contributed by atoms with van der Waals surface area (Å²) in [6.07, 6.45) is 1.42. The number of benzene rings is 2. The summed E-state index contributed by atoms with van der Waals surface area (Å²) >= 11 is 12.1. The molecule has 0 saturated heterocycles. The smallest absolute Gasteiger partial charge is 0.341 e. The Morgan fingerprint density at radius 1 is 1.09 bits per heavy atom. The molecule has 0 aliphatic carbocycles. The van der Waals surface area contributed by atoms with Crippen molar-refractivity contribution in [2.45, 2.75) is 18.4 Å². The lowest BCUT2D eigenvalue weighted by Gasteiger charge is -2.24. The van der Waals surface area contributed by atoms with Crippen molar-refractivity contribution in [3.63, 3.8) is 0 Å². The van der Waals surface area contributed by atoms with Gasteiger partial charge in [-0.2, -0.15) is 0 Å². The topological polar surface area (TPSA) is 103 Å². The van der Waals surface area contributed by atoms with E-state index in [0.717, 1.165) is 10.4 Å². The van der Waals surface area contributed by atoms with Crippen LogP contribution in [0, 0.1) is 6.92 Å². The van der Waals surface area contributed by atoms with Gasteiger partial charge in [-0.25, -0.2) is 18.0 Å². The molecule has 3 rings (SSSR count). The highest BCUT2D eigenvalue weighted by molar-refractivity contribution is 7.93. The molecular weight excluding hydrogens is 517 g/mol. The number of anilines is 1. The maximum absolute atomic E-state index is 13.5. The largest absolute Gasteiger partial charge is 0.465 e. The molecule has 3 aromatic rings. The molecule has 0 fully saturated rings. The summed E-state index contributed by atoms with van der Waals surface area (Å²) in [4.78, 5) is 24.1. The van der Waals surface area contributed by atoms with Gasteiger partial charge in [-0.15, -0.1) is 6.58 Å². The molecule has 0 atom stereocenters. The van der Waals surface area contributed by atoms with Crippen LogP contribution in [0.5, 0.6) is 0 Å². The monoisotopic (exact) mass is 537 g/mol. The third kappa shape index (κ3) is 5.87. The minimum absolute atomic E-state index is 0.0425. The third-order valence-corrected chi connectivity index (χ3v) is 7.39. The Kier molecular flexibility index (Phi) is 8.26. The van der Waals surface area contributed by atoms with Gasteiger partial charge in [0.25, 0.3) is 10.0 Å². The quantitative estimate of drug-likeness (QED) is 0.265. The minimum Gasteiger partial charge on any atom is -0.465 e. The third-order valence-electron chi connectivity index (χ3n) is 4.86. The number of carbonyl (C=O) groups excluding carboxylic acids is 2. The van der Waals surface area contributed by atoms with Gasteiger partial charge in [0.05, 0.1) is 29.9 Å². The van der Waals surface area contributed by atoms with E-state index in [-0.39, 0.29) is 40.0 Å². The van der Waals surface area contributed by atoms with Gasteiger partial charge in [-0.3, -0.25) is 4.31 Å². The molecule has 0 unspecified atom stereocenters. The Morgan fingerprint density at radius 2 is 1.77 bits per heavy atom. The predicted octanol–water partition coefficient (Wildman–Crippen LogP) is 5.42. The van der Waals surface area contributed by atoms with E-state index in [0.29, 0.717) is 16.5 Å². The van der Waals surface area contributed by atoms with Gasteiger partial charge >= 0.3 is 11.9 Å². The van der Waals surface area contributed by atoms with E-state index in [1.165, 1.54) is 31.4 Å². The Morgan fingerprint density at radius 3 is 2.40 bits per heavy atom. The van der Waals surface area contributed by atoms with Crippen LogP contribution in [0.4, 0.5) is 5.69 Å². The van der Waals surface area contributed by atoms with Crippen molar-refractivity contribution in [2.24, 2.45) is 0 Å². The van der Waals surface area contributed by atoms with Crippen LogP contribution >= 0.6 is 23.2 Å². The van der Waals surface area contributed by atoms with Crippen molar-refractivity contribution >= 4 is 50.9 Å². The Labute approximate surface area is 212 Å². The SMILES string of the molecule is C=CCN(c1ccc(Cl)cc1)S(=O)(=O)c1cc(C(=O)OCc2cc(C(=O)OC)c(C)o2)ccc1Cl. The number of aryl methyl sites for hydroxylation is 1. The standard InChI is InChI=1S/C24H21Cl2NO7S/c1-4-11-27(18-8-6-17(25)7-9-18)35(30,31)22-12-16(5-10-21(22)26)23(28)33-14-19-13-20(15(2)34-19)24(29)32-3/h4-10,12-13H,1,11,14H2,2-3H3. The molecule has 0 N–H and O–H groups in total. The fourth-order valence-electron chi connectivity index (χ4n) is 3.16. The highest BCUT2D eigenvalue weighted by atomic mass is 35.5. The molecule has 0 saturated carbocycles. The molecular formula is C24H21Cl2NO7S. The molecule has 0 bridgehead atoms. The summed E-state index contributed by atoms with van der Waals surface area (Å²) in [6, 6.07) is 11.4. The number of nitrogens with zero attached hydrogens (tertiary/aromatic N) is 1. The zero-order chi connectivity index (χ0) is 25.8. The van der Waals surface area contributed by atoms with Crippen LogP contribution in [0.15, 0.2) is 70.5 Å². The van der Waals surface area contributed by atoms with E-state index in [4.69, 9.17) is 32.4 Å². The van der Waals surface area contributed by atoms with E-state index in [1.807, 2.05) is 0 Å². The first kappa shape index (κ1) is 26.3. The van der Waals surface area contributed by atoms with Crippen molar-refractivity contribution in [1.82, 2.24) is 0 Å². The maximum Gasteiger partial charge on any atom is 0.341 e. The fraction of sp³-hybridized carbons (Fsp3) is 0.167. The number of halogens is 2. The molecule has 0 aliphatic heterocycles. The number of methoxy groups -OCH3 is 1. The second-order valence-corrected chi connectivity index (χ2v) is 9.87. The first-order valence-corrected chi connectivity index (χ1v) is 12.3. The van der Waals surface area contributed by atoms with E-state index in [1.54, 1.807) is 31.2 Å². The molecule has 8 nitrogen and oxygen atoms in total.